The molecule has 0 spiro atoms. The zero-order valence-electron chi connectivity index (χ0n) is 10.9. The summed E-state index contributed by atoms with van der Waals surface area (Å²) in [5.74, 6) is -1.69. The smallest absolute Gasteiger partial charge is 0.356 e. The molecule has 1 aromatic heterocycles. The molecule has 8 heteroatoms. The lowest BCUT2D eigenvalue weighted by Gasteiger charge is -2.11. The minimum Gasteiger partial charge on any atom is -0.476 e. The van der Waals surface area contributed by atoms with Crippen molar-refractivity contribution in [3.05, 3.63) is 47.0 Å². The number of benzene rings is 1. The molecular weight excluding hydrogens is 296 g/mol. The van der Waals surface area contributed by atoms with Crippen LogP contribution in [0.4, 0.5) is 5.69 Å². The van der Waals surface area contributed by atoms with Crippen LogP contribution in [0.15, 0.2) is 30.7 Å². The highest BCUT2D eigenvalue weighted by Gasteiger charge is 2.12. The normalized spacial score (nSPS) is 10.3. The molecule has 110 valence electrons. The van der Waals surface area contributed by atoms with Gasteiger partial charge in [0.25, 0.3) is 5.91 Å². The van der Waals surface area contributed by atoms with Crippen molar-refractivity contribution in [1.82, 2.24) is 9.55 Å². The summed E-state index contributed by atoms with van der Waals surface area (Å²) in [6, 6.07) is 4.99. The molecule has 0 atom stereocenters. The van der Waals surface area contributed by atoms with Crippen LogP contribution in [0.1, 0.15) is 20.8 Å². The number of carboxylic acid groups (broad SMARTS) is 1. The number of amides is 1. The molecule has 1 aromatic carbocycles. The molecule has 21 heavy (non-hydrogen) atoms. The van der Waals surface area contributed by atoms with Crippen molar-refractivity contribution in [1.29, 1.82) is 0 Å². The molecule has 0 saturated carbocycles. The summed E-state index contributed by atoms with van der Waals surface area (Å²) >= 11 is 5.94. The van der Waals surface area contributed by atoms with E-state index in [-0.39, 0.29) is 16.3 Å². The topological polar surface area (TPSA) is 110 Å². The summed E-state index contributed by atoms with van der Waals surface area (Å²) in [5, 5.41) is 12.1. The SMILES string of the molecule is NC(=O)c1c(Cl)cccc1NCCn1cnc(C(=O)O)c1. The van der Waals surface area contributed by atoms with E-state index in [1.54, 1.807) is 22.8 Å². The van der Waals surface area contributed by atoms with E-state index in [1.807, 2.05) is 0 Å². The van der Waals surface area contributed by atoms with Crippen molar-refractivity contribution in [2.75, 3.05) is 11.9 Å². The molecule has 0 bridgehead atoms. The van der Waals surface area contributed by atoms with E-state index in [4.69, 9.17) is 22.4 Å². The molecule has 4 N–H and O–H groups in total. The number of nitrogens with two attached hydrogens (primary N) is 1. The Balaban J connectivity index is 2.02. The van der Waals surface area contributed by atoms with Crippen molar-refractivity contribution in [2.45, 2.75) is 6.54 Å². The van der Waals surface area contributed by atoms with Crippen molar-refractivity contribution < 1.29 is 14.7 Å². The number of halogens is 1. The third kappa shape index (κ3) is 3.51. The first-order chi connectivity index (χ1) is 9.99. The highest BCUT2D eigenvalue weighted by atomic mass is 35.5. The standard InChI is InChI=1S/C13H13ClN4O3/c14-8-2-1-3-9(11(8)12(15)19)16-4-5-18-6-10(13(20)21)17-7-18/h1-3,6-7,16H,4-5H2,(H2,15,19)(H,20,21). The van der Waals surface area contributed by atoms with Gasteiger partial charge in [0.2, 0.25) is 0 Å². The predicted octanol–water partition coefficient (Wildman–Crippen LogP) is 1.45. The summed E-state index contributed by atoms with van der Waals surface area (Å²) < 4.78 is 1.63. The Morgan fingerprint density at radius 2 is 2.19 bits per heavy atom. The molecule has 1 heterocycles. The van der Waals surface area contributed by atoms with Crippen LogP contribution in [0.3, 0.4) is 0 Å². The summed E-state index contributed by atoms with van der Waals surface area (Å²) in [6.07, 6.45) is 2.86. The van der Waals surface area contributed by atoms with E-state index in [2.05, 4.69) is 10.3 Å². The number of nitrogens with zero attached hydrogens (tertiary/aromatic N) is 2. The maximum absolute atomic E-state index is 11.4. The summed E-state index contributed by atoms with van der Waals surface area (Å²) in [5.41, 5.74) is 6.04. The predicted molar refractivity (Wildman–Crippen MR) is 77.6 cm³/mol. The van der Waals surface area contributed by atoms with Gasteiger partial charge in [0.1, 0.15) is 0 Å². The first-order valence-corrected chi connectivity index (χ1v) is 6.44. The zero-order valence-corrected chi connectivity index (χ0v) is 11.7. The molecule has 2 rings (SSSR count). The second kappa shape index (κ2) is 6.27. The van der Waals surface area contributed by atoms with Crippen LogP contribution < -0.4 is 11.1 Å². The van der Waals surface area contributed by atoms with Gasteiger partial charge >= 0.3 is 5.97 Å². The first-order valence-electron chi connectivity index (χ1n) is 6.06. The maximum atomic E-state index is 11.4. The fraction of sp³-hybridized carbons (Fsp3) is 0.154. The Kier molecular flexibility index (Phi) is 4.44. The molecule has 0 aliphatic carbocycles. The van der Waals surface area contributed by atoms with E-state index in [1.165, 1.54) is 12.5 Å². The lowest BCUT2D eigenvalue weighted by molar-refractivity contribution is 0.0690. The van der Waals surface area contributed by atoms with Gasteiger partial charge in [-0.05, 0) is 12.1 Å². The molecule has 0 fully saturated rings. The number of nitrogens with one attached hydrogen (secondary N) is 1. The Morgan fingerprint density at radius 3 is 2.81 bits per heavy atom. The number of carbonyl (C=O) groups excluding carboxylic acids is 1. The summed E-state index contributed by atoms with van der Waals surface area (Å²) in [4.78, 5) is 25.8. The second-order valence-electron chi connectivity index (χ2n) is 4.26. The molecular formula is C13H13ClN4O3. The minimum absolute atomic E-state index is 0.0180. The molecule has 1 amide bonds. The minimum atomic E-state index is -1.08. The van der Waals surface area contributed by atoms with Crippen LogP contribution in [0.2, 0.25) is 5.02 Å². The molecule has 2 aromatic rings. The number of hydrogen-bond acceptors (Lipinski definition) is 4. The van der Waals surface area contributed by atoms with Gasteiger partial charge in [0.15, 0.2) is 5.69 Å². The van der Waals surface area contributed by atoms with Gasteiger partial charge < -0.3 is 20.7 Å². The summed E-state index contributed by atoms with van der Waals surface area (Å²) in [6.45, 7) is 0.932. The van der Waals surface area contributed by atoms with Gasteiger partial charge in [-0.25, -0.2) is 9.78 Å². The number of aromatic carboxylic acids is 1. The molecule has 0 saturated heterocycles. The number of anilines is 1. The monoisotopic (exact) mass is 308 g/mol. The molecule has 0 aliphatic heterocycles. The Morgan fingerprint density at radius 1 is 1.43 bits per heavy atom. The van der Waals surface area contributed by atoms with Gasteiger partial charge in [0, 0.05) is 25.0 Å². The molecule has 0 aliphatic rings. The first kappa shape index (κ1) is 14.9. The highest BCUT2D eigenvalue weighted by molar-refractivity contribution is 6.34. The van der Waals surface area contributed by atoms with Gasteiger partial charge in [-0.1, -0.05) is 17.7 Å². The number of carbonyl (C=O) groups is 2. The Bertz CT molecular complexity index is 684. The van der Waals surface area contributed by atoms with E-state index >= 15 is 0 Å². The number of carboxylic acids is 1. The third-order valence-corrected chi connectivity index (χ3v) is 3.11. The summed E-state index contributed by atoms with van der Waals surface area (Å²) in [7, 11) is 0. The zero-order chi connectivity index (χ0) is 15.4. The maximum Gasteiger partial charge on any atom is 0.356 e. The number of rotatable bonds is 6. The third-order valence-electron chi connectivity index (χ3n) is 2.80. The van der Waals surface area contributed by atoms with E-state index in [0.29, 0.717) is 18.8 Å². The lowest BCUT2D eigenvalue weighted by Crippen LogP contribution is -2.17. The van der Waals surface area contributed by atoms with Crippen LogP contribution in [-0.2, 0) is 6.54 Å². The van der Waals surface area contributed by atoms with E-state index < -0.39 is 11.9 Å². The molecule has 0 radical (unpaired) electrons. The highest BCUT2D eigenvalue weighted by Crippen LogP contribution is 2.23. The second-order valence-corrected chi connectivity index (χ2v) is 4.66. The van der Waals surface area contributed by atoms with Crippen molar-refractivity contribution in [3.8, 4) is 0 Å². The average molecular weight is 309 g/mol. The molecule has 0 unspecified atom stereocenters. The lowest BCUT2D eigenvalue weighted by atomic mass is 10.1. The fourth-order valence-electron chi connectivity index (χ4n) is 1.83. The number of primary amides is 1. The average Bonchev–Trinajstić information content (AvgIpc) is 2.87. The number of imidazole rings is 1. The van der Waals surface area contributed by atoms with Crippen molar-refractivity contribution in [2.24, 2.45) is 5.73 Å². The van der Waals surface area contributed by atoms with Gasteiger partial charge in [0.05, 0.1) is 16.9 Å². The number of hydrogen-bond donors (Lipinski definition) is 3. The van der Waals surface area contributed by atoms with E-state index in [0.717, 1.165) is 0 Å². The van der Waals surface area contributed by atoms with Gasteiger partial charge in [-0.15, -0.1) is 0 Å². The quantitative estimate of drug-likeness (QED) is 0.748. The largest absolute Gasteiger partial charge is 0.476 e. The van der Waals surface area contributed by atoms with Gasteiger partial charge in [-0.3, -0.25) is 4.79 Å². The fourth-order valence-corrected chi connectivity index (χ4v) is 2.10. The van der Waals surface area contributed by atoms with Crippen molar-refractivity contribution in [3.63, 3.8) is 0 Å². The van der Waals surface area contributed by atoms with Crippen LogP contribution in [-0.4, -0.2) is 33.1 Å². The van der Waals surface area contributed by atoms with Crippen LogP contribution in [0, 0.1) is 0 Å². The van der Waals surface area contributed by atoms with Crippen LogP contribution >= 0.6 is 11.6 Å². The Labute approximate surface area is 125 Å². The molecule has 7 nitrogen and oxygen atoms in total. The number of aromatic nitrogens is 2. The van der Waals surface area contributed by atoms with Gasteiger partial charge in [-0.2, -0.15) is 0 Å². The van der Waals surface area contributed by atoms with Crippen LogP contribution in [0.25, 0.3) is 0 Å². The van der Waals surface area contributed by atoms with Crippen molar-refractivity contribution >= 4 is 29.2 Å². The Hall–Kier alpha value is -2.54. The van der Waals surface area contributed by atoms with Crippen LogP contribution in [0.5, 0.6) is 0 Å². The van der Waals surface area contributed by atoms with E-state index in [9.17, 15) is 9.59 Å².